The molecule has 1 N–H and O–H groups in total. The molecule has 1 unspecified atom stereocenters. The molecule has 1 aliphatic rings. The Morgan fingerprint density at radius 2 is 2.67 bits per heavy atom. The molecule has 6 heavy (non-hydrogen) atoms. The SMILES string of the molecule is S=S1NC=CS1. The van der Waals surface area contributed by atoms with E-state index in [9.17, 15) is 0 Å². The van der Waals surface area contributed by atoms with Gasteiger partial charge in [0.2, 0.25) is 0 Å². The van der Waals surface area contributed by atoms with Gasteiger partial charge in [-0.1, -0.05) is 0 Å². The first-order valence-corrected chi connectivity index (χ1v) is 4.94. The van der Waals surface area contributed by atoms with Gasteiger partial charge in [-0.25, -0.2) is 0 Å². The van der Waals surface area contributed by atoms with Crippen molar-refractivity contribution in [2.45, 2.75) is 0 Å². The third kappa shape index (κ3) is 0.959. The Morgan fingerprint density at radius 1 is 1.83 bits per heavy atom. The summed E-state index contributed by atoms with van der Waals surface area (Å²) in [6.07, 6.45) is 1.88. The lowest BCUT2D eigenvalue weighted by atomic mass is 11.1. The summed E-state index contributed by atoms with van der Waals surface area (Å²) in [6.45, 7) is 0. The van der Waals surface area contributed by atoms with E-state index in [1.165, 1.54) is 0 Å². The summed E-state index contributed by atoms with van der Waals surface area (Å²) in [5.74, 6) is 0. The van der Waals surface area contributed by atoms with Crippen molar-refractivity contribution in [3.63, 3.8) is 0 Å². The number of nitrogens with one attached hydrogen (secondary N) is 1. The van der Waals surface area contributed by atoms with Crippen molar-refractivity contribution in [3.05, 3.63) is 11.6 Å². The molecule has 1 atom stereocenters. The van der Waals surface area contributed by atoms with E-state index >= 15 is 0 Å². The first-order chi connectivity index (χ1) is 2.89. The summed E-state index contributed by atoms with van der Waals surface area (Å²) in [4.78, 5) is 0. The largest absolute Gasteiger partial charge is 0.325 e. The first-order valence-electron chi connectivity index (χ1n) is 1.40. The van der Waals surface area contributed by atoms with Crippen molar-refractivity contribution in [2.24, 2.45) is 0 Å². The number of hydrogen-bond donors (Lipinski definition) is 1. The first kappa shape index (κ1) is 4.61. The Kier molecular flexibility index (Phi) is 1.50. The Labute approximate surface area is 47.3 Å². The van der Waals surface area contributed by atoms with Crippen LogP contribution >= 0.6 is 10.8 Å². The fourth-order valence-electron chi connectivity index (χ4n) is 0.189. The molecule has 0 saturated carbocycles. The molecule has 1 rings (SSSR count). The third-order valence-corrected chi connectivity index (χ3v) is 3.27. The van der Waals surface area contributed by atoms with Crippen molar-refractivity contribution >= 4 is 30.7 Å². The molecule has 0 spiro atoms. The number of rotatable bonds is 0. The molecular formula is C2H3NS3. The normalized spacial score (nSPS) is 30.3. The van der Waals surface area contributed by atoms with Crippen molar-refractivity contribution < 1.29 is 0 Å². The summed E-state index contributed by atoms with van der Waals surface area (Å²) >= 11 is 4.82. The minimum absolute atomic E-state index is 0.0340. The molecule has 0 aliphatic carbocycles. The predicted octanol–water partition coefficient (Wildman–Crippen LogP) is 0.704. The fraction of sp³-hybridized carbons (Fsp3) is 0. The smallest absolute Gasteiger partial charge is 0.0347 e. The molecule has 0 aromatic carbocycles. The lowest BCUT2D eigenvalue weighted by Gasteiger charge is -1.84. The van der Waals surface area contributed by atoms with Crippen LogP contribution in [0.4, 0.5) is 0 Å². The van der Waals surface area contributed by atoms with Crippen molar-refractivity contribution in [2.75, 3.05) is 0 Å². The van der Waals surface area contributed by atoms with Crippen LogP contribution in [0.15, 0.2) is 11.6 Å². The molecule has 34 valence electrons. The molecule has 0 fully saturated rings. The van der Waals surface area contributed by atoms with E-state index < -0.39 is 0 Å². The number of hydrogen-bond acceptors (Lipinski definition) is 2. The van der Waals surface area contributed by atoms with Crippen molar-refractivity contribution in [1.82, 2.24) is 4.72 Å². The zero-order chi connectivity index (χ0) is 4.41. The standard InChI is InChI=1S/C2H3NS3/c4-6-3-1-2-5-6/h1-3H. The van der Waals surface area contributed by atoms with E-state index in [1.54, 1.807) is 10.8 Å². The summed E-state index contributed by atoms with van der Waals surface area (Å²) in [7, 11) is 1.61. The second kappa shape index (κ2) is 1.95. The van der Waals surface area contributed by atoms with Gasteiger partial charge in [-0.2, -0.15) is 0 Å². The fourth-order valence-corrected chi connectivity index (χ4v) is 2.11. The van der Waals surface area contributed by atoms with Gasteiger partial charge < -0.3 is 4.72 Å². The highest BCUT2D eigenvalue weighted by Crippen LogP contribution is 2.11. The third-order valence-electron chi connectivity index (χ3n) is 0.375. The van der Waals surface area contributed by atoms with Gasteiger partial charge in [0.1, 0.15) is 0 Å². The molecule has 0 aromatic rings. The molecule has 0 saturated heterocycles. The Hall–Kier alpha value is 0.460. The second-order valence-electron chi connectivity index (χ2n) is 0.752. The molecule has 0 amide bonds. The molecule has 1 nitrogen and oxygen atoms in total. The van der Waals surface area contributed by atoms with Crippen molar-refractivity contribution in [1.29, 1.82) is 0 Å². The van der Waals surface area contributed by atoms with Gasteiger partial charge in [-0.05, 0) is 22.0 Å². The molecule has 4 heteroatoms. The van der Waals surface area contributed by atoms with Crippen LogP contribution in [0.25, 0.3) is 0 Å². The Balaban J connectivity index is 2.52. The zero-order valence-electron chi connectivity index (χ0n) is 2.88. The van der Waals surface area contributed by atoms with Crippen LogP contribution in [0.3, 0.4) is 0 Å². The van der Waals surface area contributed by atoms with Gasteiger partial charge in [0.25, 0.3) is 0 Å². The molecule has 1 aliphatic heterocycles. The highest BCUT2D eigenvalue weighted by atomic mass is 33.3. The van der Waals surface area contributed by atoms with Crippen LogP contribution < -0.4 is 4.72 Å². The average molecular weight is 137 g/mol. The molecular weight excluding hydrogens is 134 g/mol. The highest BCUT2D eigenvalue weighted by Gasteiger charge is 1.91. The molecule has 0 radical (unpaired) electrons. The monoisotopic (exact) mass is 137 g/mol. The Bertz CT molecular complexity index is 87.0. The van der Waals surface area contributed by atoms with Crippen LogP contribution in [-0.2, 0) is 19.9 Å². The van der Waals surface area contributed by atoms with Gasteiger partial charge in [0.05, 0.1) is 0 Å². The Morgan fingerprint density at radius 3 is 2.83 bits per heavy atom. The van der Waals surface area contributed by atoms with Gasteiger partial charge in [-0.3, -0.25) is 0 Å². The molecule has 1 heterocycles. The minimum atomic E-state index is -0.0340. The van der Waals surface area contributed by atoms with E-state index in [2.05, 4.69) is 4.72 Å². The highest BCUT2D eigenvalue weighted by molar-refractivity contribution is 8.83. The molecule has 0 bridgehead atoms. The lowest BCUT2D eigenvalue weighted by Crippen LogP contribution is -1.95. The maximum absolute atomic E-state index is 4.82. The summed E-state index contributed by atoms with van der Waals surface area (Å²) < 4.78 is 2.94. The van der Waals surface area contributed by atoms with Gasteiger partial charge in [0.15, 0.2) is 0 Å². The van der Waals surface area contributed by atoms with E-state index in [4.69, 9.17) is 11.2 Å². The van der Waals surface area contributed by atoms with Gasteiger partial charge in [-0.15, -0.1) is 0 Å². The van der Waals surface area contributed by atoms with Crippen LogP contribution in [0.5, 0.6) is 0 Å². The second-order valence-corrected chi connectivity index (χ2v) is 5.13. The van der Waals surface area contributed by atoms with Crippen molar-refractivity contribution in [3.8, 4) is 0 Å². The topological polar surface area (TPSA) is 12.0 Å². The van der Waals surface area contributed by atoms with E-state index in [1.807, 2.05) is 11.6 Å². The van der Waals surface area contributed by atoms with Gasteiger partial charge in [0, 0.05) is 20.3 Å². The average Bonchev–Trinajstić information content (AvgIpc) is 1.86. The lowest BCUT2D eigenvalue weighted by molar-refractivity contribution is 1.45. The van der Waals surface area contributed by atoms with E-state index in [0.717, 1.165) is 0 Å². The van der Waals surface area contributed by atoms with Crippen LogP contribution in [0.1, 0.15) is 0 Å². The van der Waals surface area contributed by atoms with E-state index in [-0.39, 0.29) is 8.67 Å². The van der Waals surface area contributed by atoms with Crippen LogP contribution in [-0.4, -0.2) is 0 Å². The van der Waals surface area contributed by atoms with Gasteiger partial charge >= 0.3 is 0 Å². The van der Waals surface area contributed by atoms with Crippen LogP contribution in [0.2, 0.25) is 0 Å². The summed E-state index contributed by atoms with van der Waals surface area (Å²) in [6, 6.07) is 0. The molecule has 0 aromatic heterocycles. The quantitative estimate of drug-likeness (QED) is 0.494. The summed E-state index contributed by atoms with van der Waals surface area (Å²) in [5.41, 5.74) is 0. The maximum atomic E-state index is 4.82. The zero-order valence-corrected chi connectivity index (χ0v) is 5.33. The predicted molar refractivity (Wildman–Crippen MR) is 34.6 cm³/mol. The summed E-state index contributed by atoms with van der Waals surface area (Å²) in [5, 5.41) is 1.97. The van der Waals surface area contributed by atoms with Crippen LogP contribution in [0, 0.1) is 0 Å². The minimum Gasteiger partial charge on any atom is -0.325 e. The maximum Gasteiger partial charge on any atom is 0.0347 e. The van der Waals surface area contributed by atoms with E-state index in [0.29, 0.717) is 0 Å².